The van der Waals surface area contributed by atoms with E-state index in [0.29, 0.717) is 0 Å². The van der Waals surface area contributed by atoms with Crippen molar-refractivity contribution in [2.45, 2.75) is 50.6 Å². The second kappa shape index (κ2) is 6.86. The fourth-order valence-electron chi connectivity index (χ4n) is 2.87. The normalized spacial score (nSPS) is 19.3. The summed E-state index contributed by atoms with van der Waals surface area (Å²) in [5.41, 5.74) is 0.513. The predicted molar refractivity (Wildman–Crippen MR) is 80.6 cm³/mol. The van der Waals surface area contributed by atoms with E-state index in [0.717, 1.165) is 31.4 Å². The van der Waals surface area contributed by atoms with Crippen molar-refractivity contribution in [3.63, 3.8) is 0 Å². The highest BCUT2D eigenvalue weighted by Crippen LogP contribution is 2.28. The fraction of sp³-hybridized carbons (Fsp3) is 0.562. The summed E-state index contributed by atoms with van der Waals surface area (Å²) in [6.07, 6.45) is 5.31. The number of amides is 1. The SMILES string of the molecule is CC(NC1(CO)CCCCC1)C(=O)Nc1ccccc1. The number of nitrogens with one attached hydrogen (secondary N) is 2. The summed E-state index contributed by atoms with van der Waals surface area (Å²) in [4.78, 5) is 12.2. The number of hydrogen-bond donors (Lipinski definition) is 3. The van der Waals surface area contributed by atoms with E-state index >= 15 is 0 Å². The molecule has 1 aromatic rings. The van der Waals surface area contributed by atoms with Crippen molar-refractivity contribution in [3.8, 4) is 0 Å². The first kappa shape index (κ1) is 15.0. The smallest absolute Gasteiger partial charge is 0.241 e. The van der Waals surface area contributed by atoms with Crippen molar-refractivity contribution in [1.29, 1.82) is 0 Å². The predicted octanol–water partition coefficient (Wildman–Crippen LogP) is 2.30. The molecule has 110 valence electrons. The molecule has 1 unspecified atom stereocenters. The van der Waals surface area contributed by atoms with E-state index in [1.54, 1.807) is 0 Å². The molecule has 0 spiro atoms. The molecule has 1 amide bonds. The standard InChI is InChI=1S/C16H24N2O2/c1-13(15(20)17-14-8-4-2-5-9-14)18-16(12-19)10-6-3-7-11-16/h2,4-5,8-9,13,18-19H,3,6-7,10-12H2,1H3,(H,17,20). The molecule has 1 fully saturated rings. The van der Waals surface area contributed by atoms with Crippen molar-refractivity contribution in [1.82, 2.24) is 5.32 Å². The summed E-state index contributed by atoms with van der Waals surface area (Å²) in [6, 6.07) is 9.12. The van der Waals surface area contributed by atoms with Gasteiger partial charge in [-0.25, -0.2) is 0 Å². The summed E-state index contributed by atoms with van der Waals surface area (Å²) < 4.78 is 0. The Balaban J connectivity index is 1.93. The zero-order valence-corrected chi connectivity index (χ0v) is 12.1. The Hall–Kier alpha value is -1.39. The lowest BCUT2D eigenvalue weighted by Gasteiger charge is -2.38. The van der Waals surface area contributed by atoms with Crippen molar-refractivity contribution in [2.75, 3.05) is 11.9 Å². The average Bonchev–Trinajstić information content (AvgIpc) is 2.49. The maximum Gasteiger partial charge on any atom is 0.241 e. The minimum Gasteiger partial charge on any atom is -0.394 e. The maximum atomic E-state index is 12.2. The molecule has 20 heavy (non-hydrogen) atoms. The van der Waals surface area contributed by atoms with Gasteiger partial charge in [-0.2, -0.15) is 0 Å². The minimum atomic E-state index is -0.319. The Morgan fingerprint density at radius 2 is 1.90 bits per heavy atom. The maximum absolute atomic E-state index is 12.2. The van der Waals surface area contributed by atoms with E-state index in [4.69, 9.17) is 0 Å². The number of hydrogen-bond acceptors (Lipinski definition) is 3. The Kier molecular flexibility index (Phi) is 5.15. The van der Waals surface area contributed by atoms with E-state index in [2.05, 4.69) is 10.6 Å². The molecule has 3 N–H and O–H groups in total. The number of aliphatic hydroxyl groups excluding tert-OH is 1. The first-order chi connectivity index (χ1) is 9.65. The largest absolute Gasteiger partial charge is 0.394 e. The molecular formula is C16H24N2O2. The van der Waals surface area contributed by atoms with Crippen LogP contribution in [0.2, 0.25) is 0 Å². The van der Waals surface area contributed by atoms with E-state index < -0.39 is 0 Å². The highest BCUT2D eigenvalue weighted by molar-refractivity contribution is 5.94. The van der Waals surface area contributed by atoms with Crippen molar-refractivity contribution >= 4 is 11.6 Å². The Morgan fingerprint density at radius 1 is 1.25 bits per heavy atom. The molecule has 1 atom stereocenters. The van der Waals surface area contributed by atoms with Crippen molar-refractivity contribution in [2.24, 2.45) is 0 Å². The Bertz CT molecular complexity index is 427. The van der Waals surface area contributed by atoms with Crippen LogP contribution in [0.5, 0.6) is 0 Å². The Morgan fingerprint density at radius 3 is 2.50 bits per heavy atom. The van der Waals surface area contributed by atoms with Crippen LogP contribution in [0.1, 0.15) is 39.0 Å². The number of aliphatic hydroxyl groups is 1. The highest BCUT2D eigenvalue weighted by atomic mass is 16.3. The van der Waals surface area contributed by atoms with Crippen LogP contribution in [0.15, 0.2) is 30.3 Å². The van der Waals surface area contributed by atoms with Gasteiger partial charge in [-0.1, -0.05) is 37.5 Å². The quantitative estimate of drug-likeness (QED) is 0.773. The number of carbonyl (C=O) groups excluding carboxylic acids is 1. The van der Waals surface area contributed by atoms with Gasteiger partial charge in [0, 0.05) is 11.2 Å². The van der Waals surface area contributed by atoms with Gasteiger partial charge in [-0.3, -0.25) is 10.1 Å². The van der Waals surface area contributed by atoms with Gasteiger partial charge in [0.15, 0.2) is 0 Å². The van der Waals surface area contributed by atoms with Crippen molar-refractivity contribution < 1.29 is 9.90 Å². The van der Waals surface area contributed by atoms with E-state index in [1.165, 1.54) is 6.42 Å². The summed E-state index contributed by atoms with van der Waals surface area (Å²) >= 11 is 0. The van der Waals surface area contributed by atoms with Crippen LogP contribution in [0.3, 0.4) is 0 Å². The van der Waals surface area contributed by atoms with Gasteiger partial charge in [0.25, 0.3) is 0 Å². The van der Waals surface area contributed by atoms with E-state index in [-0.39, 0.29) is 24.1 Å². The van der Waals surface area contributed by atoms with Gasteiger partial charge in [-0.05, 0) is 31.9 Å². The van der Waals surface area contributed by atoms with Crippen LogP contribution in [0.4, 0.5) is 5.69 Å². The third-order valence-electron chi connectivity index (χ3n) is 4.07. The van der Waals surface area contributed by atoms with Gasteiger partial charge < -0.3 is 10.4 Å². The third kappa shape index (κ3) is 3.81. The molecule has 2 rings (SSSR count). The molecule has 1 aromatic carbocycles. The minimum absolute atomic E-state index is 0.0606. The zero-order chi connectivity index (χ0) is 14.4. The second-order valence-corrected chi connectivity index (χ2v) is 5.72. The lowest BCUT2D eigenvalue weighted by molar-refractivity contribution is -0.118. The molecule has 0 heterocycles. The van der Waals surface area contributed by atoms with Gasteiger partial charge >= 0.3 is 0 Å². The lowest BCUT2D eigenvalue weighted by atomic mass is 9.82. The molecule has 4 nitrogen and oxygen atoms in total. The van der Waals surface area contributed by atoms with Gasteiger partial charge in [0.2, 0.25) is 5.91 Å². The van der Waals surface area contributed by atoms with Gasteiger partial charge in [0.1, 0.15) is 0 Å². The zero-order valence-electron chi connectivity index (χ0n) is 12.1. The number of anilines is 1. The molecule has 0 radical (unpaired) electrons. The number of benzene rings is 1. The summed E-state index contributed by atoms with van der Waals surface area (Å²) in [5, 5.41) is 15.9. The topological polar surface area (TPSA) is 61.4 Å². The van der Waals surface area contributed by atoms with Crippen LogP contribution in [-0.4, -0.2) is 29.2 Å². The summed E-state index contributed by atoms with van der Waals surface area (Å²) in [7, 11) is 0. The molecule has 0 bridgehead atoms. The van der Waals surface area contributed by atoms with Crippen LogP contribution >= 0.6 is 0 Å². The first-order valence-electron chi connectivity index (χ1n) is 7.40. The number of rotatable bonds is 5. The van der Waals surface area contributed by atoms with Gasteiger partial charge in [-0.15, -0.1) is 0 Å². The highest BCUT2D eigenvalue weighted by Gasteiger charge is 2.33. The second-order valence-electron chi connectivity index (χ2n) is 5.72. The summed E-state index contributed by atoms with van der Waals surface area (Å²) in [5.74, 6) is -0.0606. The van der Waals surface area contributed by atoms with Crippen LogP contribution < -0.4 is 10.6 Å². The summed E-state index contributed by atoms with van der Waals surface area (Å²) in [6.45, 7) is 1.94. The van der Waals surface area contributed by atoms with Crippen LogP contribution in [0, 0.1) is 0 Å². The molecule has 0 aliphatic heterocycles. The van der Waals surface area contributed by atoms with E-state index in [1.807, 2.05) is 37.3 Å². The third-order valence-corrected chi connectivity index (χ3v) is 4.07. The van der Waals surface area contributed by atoms with Crippen LogP contribution in [0.25, 0.3) is 0 Å². The molecule has 1 aliphatic carbocycles. The fourth-order valence-corrected chi connectivity index (χ4v) is 2.87. The molecule has 0 saturated heterocycles. The molecule has 4 heteroatoms. The lowest BCUT2D eigenvalue weighted by Crippen LogP contribution is -2.56. The van der Waals surface area contributed by atoms with Crippen molar-refractivity contribution in [3.05, 3.63) is 30.3 Å². The molecule has 0 aromatic heterocycles. The monoisotopic (exact) mass is 276 g/mol. The first-order valence-corrected chi connectivity index (χ1v) is 7.40. The average molecular weight is 276 g/mol. The van der Waals surface area contributed by atoms with Gasteiger partial charge in [0.05, 0.1) is 12.6 Å². The Labute approximate surface area is 120 Å². The van der Waals surface area contributed by atoms with E-state index in [9.17, 15) is 9.90 Å². The number of carbonyl (C=O) groups is 1. The van der Waals surface area contributed by atoms with Crippen LogP contribution in [-0.2, 0) is 4.79 Å². The molecule has 1 aliphatic rings. The molecule has 1 saturated carbocycles. The molecular weight excluding hydrogens is 252 g/mol. The number of para-hydroxylation sites is 1.